The quantitative estimate of drug-likeness (QED) is 0.132. The first-order chi connectivity index (χ1) is 13.4. The maximum Gasteiger partial charge on any atom is 0.325 e. The number of nitrogens with one attached hydrogen (secondary N) is 3. The fourth-order valence-electron chi connectivity index (χ4n) is 1.99. The Morgan fingerprint density at radius 3 is 1.86 bits per heavy atom. The molecule has 0 aromatic rings. The summed E-state index contributed by atoms with van der Waals surface area (Å²) < 4.78 is 0. The van der Waals surface area contributed by atoms with Crippen molar-refractivity contribution in [2.24, 2.45) is 17.2 Å². The number of carbonyl (C=O) groups excluding carboxylic acids is 5. The number of amides is 5. The molecule has 0 radical (unpaired) electrons. The second kappa shape index (κ2) is 12.6. The summed E-state index contributed by atoms with van der Waals surface area (Å²) in [6, 6.07) is -5.06. The monoisotopic (exact) mass is 434 g/mol. The number of primary amides is 2. The predicted molar refractivity (Wildman–Crippen MR) is 103 cm³/mol. The van der Waals surface area contributed by atoms with Crippen molar-refractivity contribution >= 4 is 48.1 Å². The first-order valence-corrected chi connectivity index (χ1v) is 9.09. The minimum Gasteiger partial charge on any atom is -0.480 e. The van der Waals surface area contributed by atoms with Gasteiger partial charge in [0.25, 0.3) is 0 Å². The van der Waals surface area contributed by atoms with Gasteiger partial charge in [-0.15, -0.1) is 0 Å². The molecule has 164 valence electrons. The minimum absolute atomic E-state index is 0.179. The summed E-state index contributed by atoms with van der Waals surface area (Å²) in [6.07, 6.45) is -0.940. The minimum atomic E-state index is -1.32. The van der Waals surface area contributed by atoms with Crippen molar-refractivity contribution < 1.29 is 33.9 Å². The summed E-state index contributed by atoms with van der Waals surface area (Å²) in [5, 5.41) is 15.6. The normalized spacial score (nSPS) is 14.6. The molecule has 0 aromatic heterocycles. The van der Waals surface area contributed by atoms with Crippen LogP contribution in [-0.2, 0) is 28.8 Å². The van der Waals surface area contributed by atoms with Crippen LogP contribution in [0, 0.1) is 0 Å². The number of hydrogen-bond donors (Lipinski definition) is 8. The molecular formula is C15H26N6O7S. The Kier molecular flexibility index (Phi) is 11.3. The van der Waals surface area contributed by atoms with E-state index < -0.39 is 66.1 Å². The Labute approximate surface area is 171 Å². The van der Waals surface area contributed by atoms with E-state index in [9.17, 15) is 28.8 Å². The summed E-state index contributed by atoms with van der Waals surface area (Å²) in [5.41, 5.74) is 15.5. The zero-order chi connectivity index (χ0) is 22.7. The van der Waals surface area contributed by atoms with Gasteiger partial charge < -0.3 is 38.3 Å². The van der Waals surface area contributed by atoms with E-state index in [1.54, 1.807) is 0 Å². The summed E-state index contributed by atoms with van der Waals surface area (Å²) in [7, 11) is 0. The maximum absolute atomic E-state index is 12.5. The molecule has 0 aliphatic heterocycles. The Morgan fingerprint density at radius 2 is 1.41 bits per heavy atom. The van der Waals surface area contributed by atoms with Crippen molar-refractivity contribution in [1.82, 2.24) is 16.0 Å². The molecule has 0 saturated carbocycles. The van der Waals surface area contributed by atoms with E-state index in [4.69, 9.17) is 22.3 Å². The van der Waals surface area contributed by atoms with Crippen LogP contribution in [0.25, 0.3) is 0 Å². The van der Waals surface area contributed by atoms with E-state index in [0.717, 1.165) is 0 Å². The lowest BCUT2D eigenvalue weighted by atomic mass is 10.1. The van der Waals surface area contributed by atoms with Gasteiger partial charge in [-0.3, -0.25) is 28.8 Å². The van der Waals surface area contributed by atoms with Gasteiger partial charge in [-0.25, -0.2) is 0 Å². The molecule has 0 aromatic carbocycles. The SMILES string of the molecule is CC(NC(=O)C(CS)NC(=O)C(CCC(N)=O)NC(=O)C(N)CC(N)=O)C(=O)O. The number of nitrogens with two attached hydrogens (primary N) is 3. The number of hydrogen-bond acceptors (Lipinski definition) is 8. The summed E-state index contributed by atoms with van der Waals surface area (Å²) in [6.45, 7) is 1.23. The van der Waals surface area contributed by atoms with Crippen molar-refractivity contribution in [1.29, 1.82) is 0 Å². The van der Waals surface area contributed by atoms with E-state index >= 15 is 0 Å². The van der Waals surface area contributed by atoms with E-state index in [-0.39, 0.29) is 18.6 Å². The Hall–Kier alpha value is -2.87. The second-order valence-electron chi connectivity index (χ2n) is 6.16. The molecule has 0 saturated heterocycles. The van der Waals surface area contributed by atoms with Crippen molar-refractivity contribution in [3.8, 4) is 0 Å². The van der Waals surface area contributed by atoms with Gasteiger partial charge in [-0.1, -0.05) is 0 Å². The summed E-state index contributed by atoms with van der Waals surface area (Å²) >= 11 is 3.94. The second-order valence-corrected chi connectivity index (χ2v) is 6.52. The molecule has 0 aliphatic carbocycles. The molecular weight excluding hydrogens is 408 g/mol. The van der Waals surface area contributed by atoms with Gasteiger partial charge in [-0.2, -0.15) is 12.6 Å². The number of thiol groups is 1. The van der Waals surface area contributed by atoms with Crippen LogP contribution in [0.4, 0.5) is 0 Å². The van der Waals surface area contributed by atoms with Gasteiger partial charge in [-0.05, 0) is 13.3 Å². The van der Waals surface area contributed by atoms with Gasteiger partial charge >= 0.3 is 5.97 Å². The van der Waals surface area contributed by atoms with E-state index in [1.165, 1.54) is 6.92 Å². The topological polar surface area (TPSA) is 237 Å². The first kappa shape index (κ1) is 26.1. The third kappa shape index (κ3) is 10.3. The molecule has 14 heteroatoms. The van der Waals surface area contributed by atoms with Gasteiger partial charge in [0.15, 0.2) is 0 Å². The zero-order valence-corrected chi connectivity index (χ0v) is 16.6. The summed E-state index contributed by atoms with van der Waals surface area (Å²) in [4.78, 5) is 69.4. The third-order valence-corrected chi connectivity index (χ3v) is 3.98. The lowest BCUT2D eigenvalue weighted by molar-refractivity contribution is -0.141. The van der Waals surface area contributed by atoms with Crippen LogP contribution < -0.4 is 33.2 Å². The molecule has 13 nitrogen and oxygen atoms in total. The molecule has 0 bridgehead atoms. The van der Waals surface area contributed by atoms with Crippen LogP contribution in [-0.4, -0.2) is 70.5 Å². The van der Waals surface area contributed by atoms with Crippen LogP contribution in [0.15, 0.2) is 0 Å². The van der Waals surface area contributed by atoms with E-state index in [0.29, 0.717) is 0 Å². The average Bonchev–Trinajstić information content (AvgIpc) is 2.61. The Morgan fingerprint density at radius 1 is 0.897 bits per heavy atom. The van der Waals surface area contributed by atoms with Crippen molar-refractivity contribution in [3.05, 3.63) is 0 Å². The summed E-state index contributed by atoms with van der Waals surface area (Å²) in [5.74, 6) is -5.57. The van der Waals surface area contributed by atoms with E-state index in [1.807, 2.05) is 0 Å². The number of aliphatic carboxylic acids is 1. The molecule has 29 heavy (non-hydrogen) atoms. The van der Waals surface area contributed by atoms with Crippen LogP contribution >= 0.6 is 12.6 Å². The molecule has 4 unspecified atom stereocenters. The Balaban J connectivity index is 5.19. The fraction of sp³-hybridized carbons (Fsp3) is 0.600. The van der Waals surface area contributed by atoms with Gasteiger partial charge in [0.1, 0.15) is 18.1 Å². The average molecular weight is 434 g/mol. The molecule has 0 fully saturated rings. The van der Waals surface area contributed by atoms with Crippen LogP contribution in [0.5, 0.6) is 0 Å². The maximum atomic E-state index is 12.5. The van der Waals surface area contributed by atoms with Gasteiger partial charge in [0.2, 0.25) is 29.5 Å². The number of carbonyl (C=O) groups is 6. The highest BCUT2D eigenvalue weighted by molar-refractivity contribution is 7.80. The predicted octanol–water partition coefficient (Wildman–Crippen LogP) is -4.06. The lowest BCUT2D eigenvalue weighted by Crippen LogP contribution is -2.57. The highest BCUT2D eigenvalue weighted by atomic mass is 32.1. The highest BCUT2D eigenvalue weighted by Gasteiger charge is 2.29. The van der Waals surface area contributed by atoms with Crippen LogP contribution in [0.1, 0.15) is 26.2 Å². The highest BCUT2D eigenvalue weighted by Crippen LogP contribution is 2.02. The fourth-order valence-corrected chi connectivity index (χ4v) is 2.24. The Bertz CT molecular complexity index is 659. The van der Waals surface area contributed by atoms with Crippen LogP contribution in [0.3, 0.4) is 0 Å². The number of rotatable bonds is 13. The van der Waals surface area contributed by atoms with Gasteiger partial charge in [0, 0.05) is 12.2 Å². The van der Waals surface area contributed by atoms with E-state index in [2.05, 4.69) is 28.6 Å². The smallest absolute Gasteiger partial charge is 0.325 e. The van der Waals surface area contributed by atoms with Crippen molar-refractivity contribution in [2.45, 2.75) is 50.4 Å². The standard InChI is InChI=1S/C15H26N6O7S/c1-6(15(27)28)19-14(26)9(5-29)21-13(25)8(2-3-10(17)22)20-12(24)7(16)4-11(18)23/h6-9,29H,2-5,16H2,1H3,(H2,17,22)(H2,18,23)(H,19,26)(H,20,24)(H,21,25)(H,27,28). The number of carboxylic acids is 1. The van der Waals surface area contributed by atoms with Gasteiger partial charge in [0.05, 0.1) is 12.5 Å². The molecule has 0 aliphatic rings. The number of carboxylic acid groups (broad SMARTS) is 1. The zero-order valence-electron chi connectivity index (χ0n) is 15.7. The molecule has 10 N–H and O–H groups in total. The molecule has 4 atom stereocenters. The lowest BCUT2D eigenvalue weighted by Gasteiger charge is -2.23. The first-order valence-electron chi connectivity index (χ1n) is 8.46. The molecule has 0 heterocycles. The molecule has 0 spiro atoms. The largest absolute Gasteiger partial charge is 0.480 e. The van der Waals surface area contributed by atoms with Crippen molar-refractivity contribution in [2.75, 3.05) is 5.75 Å². The van der Waals surface area contributed by atoms with Crippen molar-refractivity contribution in [3.63, 3.8) is 0 Å². The molecule has 5 amide bonds. The third-order valence-electron chi connectivity index (χ3n) is 3.62. The van der Waals surface area contributed by atoms with Crippen LogP contribution in [0.2, 0.25) is 0 Å². The molecule has 0 rings (SSSR count).